The van der Waals surface area contributed by atoms with Crippen LogP contribution in [0.25, 0.3) is 0 Å². The number of halogens is 1. The Labute approximate surface area is 102 Å². The van der Waals surface area contributed by atoms with E-state index in [1.54, 1.807) is 10.9 Å². The van der Waals surface area contributed by atoms with Crippen LogP contribution in [0.15, 0.2) is 6.20 Å². The Balaban J connectivity index is 0.00000225. The first kappa shape index (κ1) is 14.9. The van der Waals surface area contributed by atoms with Crippen LogP contribution < -0.4 is 11.1 Å². The van der Waals surface area contributed by atoms with Crippen LogP contribution in [0.1, 0.15) is 19.5 Å². The molecule has 0 unspecified atom stereocenters. The maximum absolute atomic E-state index is 11.8. The van der Waals surface area contributed by atoms with E-state index in [2.05, 4.69) is 10.4 Å². The van der Waals surface area contributed by atoms with Crippen molar-refractivity contribution in [3.05, 3.63) is 11.9 Å². The summed E-state index contributed by atoms with van der Waals surface area (Å²) in [7, 11) is 1.83. The van der Waals surface area contributed by atoms with Gasteiger partial charge < -0.3 is 11.1 Å². The fraction of sp³-hybridized carbons (Fsp3) is 0.600. The third-order valence-electron chi connectivity index (χ3n) is 2.61. The van der Waals surface area contributed by atoms with Crippen molar-refractivity contribution in [3.63, 3.8) is 0 Å². The summed E-state index contributed by atoms with van der Waals surface area (Å²) in [5, 5.41) is 6.87. The number of aromatic nitrogens is 2. The van der Waals surface area contributed by atoms with Gasteiger partial charge >= 0.3 is 0 Å². The first-order chi connectivity index (χ1) is 6.88. The van der Waals surface area contributed by atoms with Crippen LogP contribution in [-0.2, 0) is 11.8 Å². The van der Waals surface area contributed by atoms with Crippen LogP contribution >= 0.6 is 12.4 Å². The van der Waals surface area contributed by atoms with Crippen LogP contribution in [0.4, 0.5) is 5.69 Å². The number of rotatable bonds is 3. The number of carbonyl (C=O) groups excluding carboxylic acids is 1. The number of hydrogen-bond acceptors (Lipinski definition) is 3. The van der Waals surface area contributed by atoms with Crippen LogP contribution in [0, 0.1) is 12.3 Å². The summed E-state index contributed by atoms with van der Waals surface area (Å²) < 4.78 is 1.71. The van der Waals surface area contributed by atoms with Gasteiger partial charge in [-0.05, 0) is 20.8 Å². The van der Waals surface area contributed by atoms with Gasteiger partial charge in [0.1, 0.15) is 0 Å². The maximum Gasteiger partial charge on any atom is 0.231 e. The number of nitrogens with two attached hydrogens (primary N) is 1. The lowest BCUT2D eigenvalue weighted by atomic mass is 9.92. The molecule has 0 saturated carbocycles. The molecular weight excluding hydrogens is 228 g/mol. The van der Waals surface area contributed by atoms with Gasteiger partial charge in [0.25, 0.3) is 0 Å². The van der Waals surface area contributed by atoms with E-state index in [9.17, 15) is 4.79 Å². The minimum atomic E-state index is -0.553. The zero-order valence-electron chi connectivity index (χ0n) is 10.1. The molecule has 1 heterocycles. The number of amides is 1. The van der Waals surface area contributed by atoms with E-state index in [0.717, 1.165) is 11.4 Å². The quantitative estimate of drug-likeness (QED) is 0.838. The van der Waals surface area contributed by atoms with Crippen molar-refractivity contribution in [1.29, 1.82) is 0 Å². The van der Waals surface area contributed by atoms with Crippen molar-refractivity contribution in [2.24, 2.45) is 18.2 Å². The fourth-order valence-electron chi connectivity index (χ4n) is 1.01. The zero-order chi connectivity index (χ0) is 11.6. The summed E-state index contributed by atoms with van der Waals surface area (Å²) in [5.41, 5.74) is 6.64. The highest BCUT2D eigenvalue weighted by Gasteiger charge is 2.26. The number of nitrogens with zero attached hydrogens (tertiary/aromatic N) is 2. The highest BCUT2D eigenvalue weighted by molar-refractivity contribution is 5.95. The van der Waals surface area contributed by atoms with Crippen molar-refractivity contribution in [2.45, 2.75) is 20.8 Å². The molecule has 0 bridgehead atoms. The van der Waals surface area contributed by atoms with Crippen molar-refractivity contribution in [2.75, 3.05) is 11.9 Å². The Kier molecular flexibility index (Phi) is 4.96. The maximum atomic E-state index is 11.8. The summed E-state index contributed by atoms with van der Waals surface area (Å²) in [5.74, 6) is -0.0823. The molecule has 0 aromatic carbocycles. The third kappa shape index (κ3) is 2.96. The van der Waals surface area contributed by atoms with Gasteiger partial charge in [0, 0.05) is 13.6 Å². The van der Waals surface area contributed by atoms with Gasteiger partial charge in [0.15, 0.2) is 0 Å². The molecule has 1 rings (SSSR count). The lowest BCUT2D eigenvalue weighted by Crippen LogP contribution is -2.37. The second-order valence-electron chi connectivity index (χ2n) is 4.31. The summed E-state index contributed by atoms with van der Waals surface area (Å²) in [6.45, 7) is 5.85. The van der Waals surface area contributed by atoms with E-state index in [4.69, 9.17) is 5.73 Å². The molecule has 3 N–H and O–H groups in total. The SMILES string of the molecule is Cc1c(NC(=O)C(C)(C)CN)cnn1C.Cl. The predicted octanol–water partition coefficient (Wildman–Crippen LogP) is 1.07. The van der Waals surface area contributed by atoms with E-state index < -0.39 is 5.41 Å². The first-order valence-electron chi connectivity index (χ1n) is 4.88. The van der Waals surface area contributed by atoms with Gasteiger partial charge in [-0.15, -0.1) is 12.4 Å². The number of nitrogens with one attached hydrogen (secondary N) is 1. The molecule has 0 radical (unpaired) electrons. The Morgan fingerprint density at radius 2 is 2.19 bits per heavy atom. The highest BCUT2D eigenvalue weighted by atomic mass is 35.5. The Morgan fingerprint density at radius 3 is 2.56 bits per heavy atom. The standard InChI is InChI=1S/C10H18N4O.ClH/c1-7-8(5-12-14(7)4)13-9(15)10(2,3)6-11;/h5H,6,11H2,1-4H3,(H,13,15);1H. The molecule has 6 heteroatoms. The minimum Gasteiger partial charge on any atom is -0.329 e. The van der Waals surface area contributed by atoms with Crippen molar-refractivity contribution < 1.29 is 4.79 Å². The van der Waals surface area contributed by atoms with E-state index >= 15 is 0 Å². The summed E-state index contributed by atoms with van der Waals surface area (Å²) in [6.07, 6.45) is 1.64. The largest absolute Gasteiger partial charge is 0.329 e. The number of aryl methyl sites for hydroxylation is 1. The Hall–Kier alpha value is -1.07. The van der Waals surface area contributed by atoms with Crippen LogP contribution in [0.2, 0.25) is 0 Å². The van der Waals surface area contributed by atoms with Crippen LogP contribution in [0.5, 0.6) is 0 Å². The molecule has 0 aliphatic heterocycles. The topological polar surface area (TPSA) is 72.9 Å². The van der Waals surface area contributed by atoms with E-state index in [1.807, 2.05) is 27.8 Å². The molecule has 0 spiro atoms. The van der Waals surface area contributed by atoms with E-state index in [1.165, 1.54) is 0 Å². The molecule has 0 atom stereocenters. The second kappa shape index (κ2) is 5.32. The normalized spacial score (nSPS) is 10.8. The van der Waals surface area contributed by atoms with E-state index in [-0.39, 0.29) is 18.3 Å². The van der Waals surface area contributed by atoms with Crippen LogP contribution in [0.3, 0.4) is 0 Å². The zero-order valence-corrected chi connectivity index (χ0v) is 10.9. The molecule has 0 fully saturated rings. The molecule has 92 valence electrons. The van der Waals surface area contributed by atoms with Gasteiger partial charge in [-0.3, -0.25) is 9.48 Å². The number of hydrogen-bond donors (Lipinski definition) is 2. The van der Waals surface area contributed by atoms with Gasteiger partial charge in [-0.2, -0.15) is 5.10 Å². The lowest BCUT2D eigenvalue weighted by molar-refractivity contribution is -0.123. The number of anilines is 1. The molecule has 5 nitrogen and oxygen atoms in total. The summed E-state index contributed by atoms with van der Waals surface area (Å²) in [4.78, 5) is 11.8. The molecule has 16 heavy (non-hydrogen) atoms. The average Bonchev–Trinajstić information content (AvgIpc) is 2.49. The Morgan fingerprint density at radius 1 is 1.62 bits per heavy atom. The van der Waals surface area contributed by atoms with E-state index in [0.29, 0.717) is 6.54 Å². The highest BCUT2D eigenvalue weighted by Crippen LogP contribution is 2.18. The number of carbonyl (C=O) groups is 1. The summed E-state index contributed by atoms with van der Waals surface area (Å²) >= 11 is 0. The van der Waals surface area contributed by atoms with Crippen LogP contribution in [-0.4, -0.2) is 22.2 Å². The lowest BCUT2D eigenvalue weighted by Gasteiger charge is -2.20. The molecule has 0 aliphatic rings. The molecule has 1 amide bonds. The molecular formula is C10H19ClN4O. The van der Waals surface area contributed by atoms with Gasteiger partial charge in [0.2, 0.25) is 5.91 Å². The molecule has 0 aliphatic carbocycles. The minimum absolute atomic E-state index is 0. The van der Waals surface area contributed by atoms with Gasteiger partial charge in [-0.25, -0.2) is 0 Å². The third-order valence-corrected chi connectivity index (χ3v) is 2.61. The fourth-order valence-corrected chi connectivity index (χ4v) is 1.01. The predicted molar refractivity (Wildman–Crippen MR) is 66.7 cm³/mol. The average molecular weight is 247 g/mol. The van der Waals surface area contributed by atoms with Gasteiger partial charge in [-0.1, -0.05) is 0 Å². The van der Waals surface area contributed by atoms with Crippen molar-refractivity contribution >= 4 is 24.0 Å². The molecule has 1 aromatic rings. The smallest absolute Gasteiger partial charge is 0.231 e. The van der Waals surface area contributed by atoms with Crippen molar-refractivity contribution in [1.82, 2.24) is 9.78 Å². The summed E-state index contributed by atoms with van der Waals surface area (Å²) in [6, 6.07) is 0. The monoisotopic (exact) mass is 246 g/mol. The molecule has 0 saturated heterocycles. The van der Waals surface area contributed by atoms with Gasteiger partial charge in [0.05, 0.1) is 23.0 Å². The first-order valence-corrected chi connectivity index (χ1v) is 4.88. The second-order valence-corrected chi connectivity index (χ2v) is 4.31. The molecule has 1 aromatic heterocycles. The Bertz CT molecular complexity index is 373. The van der Waals surface area contributed by atoms with Crippen molar-refractivity contribution in [3.8, 4) is 0 Å².